The van der Waals surface area contributed by atoms with Gasteiger partial charge in [-0.3, -0.25) is 0 Å². The molecule has 0 saturated carbocycles. The molecule has 98 valence electrons. The molecule has 0 spiro atoms. The largest absolute Gasteiger partial charge is 0.454 e. The molecule has 7 heteroatoms. The average Bonchev–Trinajstić information content (AvgIpc) is 2.14. The van der Waals surface area contributed by atoms with Crippen molar-refractivity contribution in [3.05, 3.63) is 0 Å². The first-order chi connectivity index (χ1) is 7.31. The molecule has 2 nitrogen and oxygen atoms in total. The molecule has 0 fully saturated rings. The summed E-state index contributed by atoms with van der Waals surface area (Å²) in [6.45, 7) is 2.19. The molecule has 0 amide bonds. The maximum Gasteiger partial charge on any atom is 0.454 e. The minimum atomic E-state index is -5.47. The smallest absolute Gasteiger partial charge is 0.317 e. The lowest BCUT2D eigenvalue weighted by Crippen LogP contribution is -2.45. The van der Waals surface area contributed by atoms with Crippen LogP contribution in [0.15, 0.2) is 0 Å². The van der Waals surface area contributed by atoms with Crippen LogP contribution in [-0.4, -0.2) is 38.3 Å². The standard InChI is InChI=1S/C9H17F5N2/c1-2-4-15-5-3-6-16-7-8(10,11)9(12,13)14/h15-16H,2-7H2,1H3. The molecule has 0 unspecified atom stereocenters. The van der Waals surface area contributed by atoms with Gasteiger partial charge in [-0.2, -0.15) is 22.0 Å². The maximum absolute atomic E-state index is 12.4. The average molecular weight is 248 g/mol. The minimum absolute atomic E-state index is 0.141. The third-order valence-electron chi connectivity index (χ3n) is 1.90. The van der Waals surface area contributed by atoms with Gasteiger partial charge in [0.2, 0.25) is 0 Å². The molecular weight excluding hydrogens is 231 g/mol. The van der Waals surface area contributed by atoms with Crippen molar-refractivity contribution in [1.29, 1.82) is 0 Å². The van der Waals surface area contributed by atoms with Gasteiger partial charge < -0.3 is 10.6 Å². The molecule has 0 radical (unpaired) electrons. The first-order valence-corrected chi connectivity index (χ1v) is 5.17. The molecule has 0 atom stereocenters. The first kappa shape index (κ1) is 15.6. The quantitative estimate of drug-likeness (QED) is 0.508. The van der Waals surface area contributed by atoms with E-state index in [0.717, 1.165) is 13.0 Å². The second-order valence-corrected chi connectivity index (χ2v) is 3.48. The van der Waals surface area contributed by atoms with Gasteiger partial charge in [-0.05, 0) is 32.5 Å². The van der Waals surface area contributed by atoms with Crippen LogP contribution in [0.3, 0.4) is 0 Å². The number of hydrogen-bond donors (Lipinski definition) is 2. The van der Waals surface area contributed by atoms with Crippen LogP contribution in [0.2, 0.25) is 0 Å². The van der Waals surface area contributed by atoms with Gasteiger partial charge >= 0.3 is 12.1 Å². The second kappa shape index (κ2) is 7.01. The fourth-order valence-corrected chi connectivity index (χ4v) is 0.986. The highest BCUT2D eigenvalue weighted by Crippen LogP contribution is 2.34. The molecular formula is C9H17F5N2. The Bertz CT molecular complexity index is 181. The Balaban J connectivity index is 3.51. The van der Waals surface area contributed by atoms with Crippen LogP contribution in [-0.2, 0) is 0 Å². The van der Waals surface area contributed by atoms with Gasteiger partial charge in [-0.15, -0.1) is 0 Å². The molecule has 0 rings (SSSR count). The fourth-order valence-electron chi connectivity index (χ4n) is 0.986. The molecule has 16 heavy (non-hydrogen) atoms. The number of hydrogen-bond acceptors (Lipinski definition) is 2. The highest BCUT2D eigenvalue weighted by molar-refractivity contribution is 4.78. The molecule has 2 N–H and O–H groups in total. The summed E-state index contributed by atoms with van der Waals surface area (Å²) in [7, 11) is 0. The lowest BCUT2D eigenvalue weighted by atomic mass is 10.3. The first-order valence-electron chi connectivity index (χ1n) is 5.17. The van der Waals surface area contributed by atoms with Crippen molar-refractivity contribution < 1.29 is 22.0 Å². The number of halogens is 5. The Morgan fingerprint density at radius 3 is 1.94 bits per heavy atom. The molecule has 0 aliphatic heterocycles. The monoisotopic (exact) mass is 248 g/mol. The summed E-state index contributed by atoms with van der Waals surface area (Å²) in [5.74, 6) is -4.65. The van der Waals surface area contributed by atoms with E-state index in [-0.39, 0.29) is 6.54 Å². The van der Waals surface area contributed by atoms with Gasteiger partial charge in [-0.25, -0.2) is 0 Å². The SMILES string of the molecule is CCCNCCCNCC(F)(F)C(F)(F)F. The Morgan fingerprint density at radius 2 is 1.44 bits per heavy atom. The lowest BCUT2D eigenvalue weighted by Gasteiger charge is -2.19. The molecule has 0 aromatic carbocycles. The Morgan fingerprint density at radius 1 is 0.875 bits per heavy atom. The summed E-state index contributed by atoms with van der Waals surface area (Å²) in [6.07, 6.45) is -3.99. The van der Waals surface area contributed by atoms with Crippen LogP contribution in [0.5, 0.6) is 0 Å². The molecule has 0 aliphatic rings. The summed E-state index contributed by atoms with van der Waals surface area (Å²) < 4.78 is 59.8. The van der Waals surface area contributed by atoms with E-state index in [9.17, 15) is 22.0 Å². The van der Waals surface area contributed by atoms with Gasteiger partial charge in [0.15, 0.2) is 0 Å². The number of alkyl halides is 5. The van der Waals surface area contributed by atoms with Crippen LogP contribution in [0.4, 0.5) is 22.0 Å². The number of rotatable bonds is 8. The van der Waals surface area contributed by atoms with E-state index in [1.54, 1.807) is 0 Å². The van der Waals surface area contributed by atoms with E-state index in [0.29, 0.717) is 13.0 Å². The normalized spacial score (nSPS) is 13.1. The van der Waals surface area contributed by atoms with Crippen molar-refractivity contribution >= 4 is 0 Å². The Hall–Kier alpha value is -0.430. The van der Waals surface area contributed by atoms with Crippen molar-refractivity contribution in [2.24, 2.45) is 0 Å². The van der Waals surface area contributed by atoms with Crippen molar-refractivity contribution in [2.75, 3.05) is 26.2 Å². The third kappa shape index (κ3) is 6.22. The highest BCUT2D eigenvalue weighted by atomic mass is 19.4. The minimum Gasteiger partial charge on any atom is -0.317 e. The predicted octanol–water partition coefficient (Wildman–Crippen LogP) is 2.16. The maximum atomic E-state index is 12.4. The molecule has 0 aromatic rings. The topological polar surface area (TPSA) is 24.1 Å². The van der Waals surface area contributed by atoms with E-state index in [1.165, 1.54) is 0 Å². The molecule has 0 heterocycles. The highest BCUT2D eigenvalue weighted by Gasteiger charge is 2.56. The predicted molar refractivity (Wildman–Crippen MR) is 51.6 cm³/mol. The zero-order valence-electron chi connectivity index (χ0n) is 9.13. The van der Waals surface area contributed by atoms with Gasteiger partial charge in [0.1, 0.15) is 0 Å². The van der Waals surface area contributed by atoms with Gasteiger partial charge in [0.05, 0.1) is 6.54 Å². The summed E-state index contributed by atoms with van der Waals surface area (Å²) in [6, 6.07) is 0. The zero-order chi connectivity index (χ0) is 12.7. The van der Waals surface area contributed by atoms with Crippen LogP contribution in [0.1, 0.15) is 19.8 Å². The zero-order valence-corrected chi connectivity index (χ0v) is 9.13. The van der Waals surface area contributed by atoms with Crippen molar-refractivity contribution in [1.82, 2.24) is 10.6 Å². The molecule has 0 bridgehead atoms. The van der Waals surface area contributed by atoms with Crippen LogP contribution >= 0.6 is 0 Å². The second-order valence-electron chi connectivity index (χ2n) is 3.48. The van der Waals surface area contributed by atoms with Crippen LogP contribution < -0.4 is 10.6 Å². The summed E-state index contributed by atoms with van der Waals surface area (Å²) in [5, 5.41) is 5.11. The van der Waals surface area contributed by atoms with Crippen molar-refractivity contribution in [3.8, 4) is 0 Å². The lowest BCUT2D eigenvalue weighted by molar-refractivity contribution is -0.279. The van der Waals surface area contributed by atoms with Gasteiger partial charge in [-0.1, -0.05) is 6.92 Å². The third-order valence-corrected chi connectivity index (χ3v) is 1.90. The Labute approximate surface area is 91.6 Å². The van der Waals surface area contributed by atoms with Gasteiger partial charge in [0, 0.05) is 0 Å². The van der Waals surface area contributed by atoms with E-state index in [4.69, 9.17) is 0 Å². The number of nitrogens with one attached hydrogen (secondary N) is 2. The van der Waals surface area contributed by atoms with Crippen LogP contribution in [0.25, 0.3) is 0 Å². The molecule has 0 aromatic heterocycles. The van der Waals surface area contributed by atoms with Crippen molar-refractivity contribution in [3.63, 3.8) is 0 Å². The fraction of sp³-hybridized carbons (Fsp3) is 1.00. The van der Waals surface area contributed by atoms with E-state index in [2.05, 4.69) is 10.6 Å². The summed E-state index contributed by atoms with van der Waals surface area (Å²) >= 11 is 0. The Kier molecular flexibility index (Phi) is 6.82. The van der Waals surface area contributed by atoms with Crippen molar-refractivity contribution in [2.45, 2.75) is 31.9 Å². The van der Waals surface area contributed by atoms with Crippen LogP contribution in [0, 0.1) is 0 Å². The summed E-state index contributed by atoms with van der Waals surface area (Å²) in [4.78, 5) is 0. The van der Waals surface area contributed by atoms with E-state index >= 15 is 0 Å². The van der Waals surface area contributed by atoms with E-state index < -0.39 is 18.6 Å². The summed E-state index contributed by atoms with van der Waals surface area (Å²) in [5.41, 5.74) is 0. The van der Waals surface area contributed by atoms with E-state index in [1.807, 2.05) is 6.92 Å². The molecule has 0 saturated heterocycles. The van der Waals surface area contributed by atoms with Gasteiger partial charge in [0.25, 0.3) is 0 Å². The molecule has 0 aliphatic carbocycles.